The molecule has 3 nitrogen and oxygen atoms in total. The van der Waals surface area contributed by atoms with Crippen LogP contribution in [0, 0.1) is 26.6 Å². The van der Waals surface area contributed by atoms with Crippen LogP contribution >= 0.6 is 11.3 Å². The van der Waals surface area contributed by atoms with Gasteiger partial charge in [-0.15, -0.1) is 11.3 Å². The van der Waals surface area contributed by atoms with Crippen LogP contribution in [0.15, 0.2) is 18.2 Å². The van der Waals surface area contributed by atoms with Gasteiger partial charge in [0.15, 0.2) is 5.82 Å². The van der Waals surface area contributed by atoms with E-state index in [4.69, 9.17) is 0 Å². The number of anilines is 1. The molecule has 0 aliphatic rings. The summed E-state index contributed by atoms with van der Waals surface area (Å²) in [6, 6.07) is 4.87. The molecule has 1 N–H and O–H groups in total. The number of thiophene rings is 1. The summed E-state index contributed by atoms with van der Waals surface area (Å²) in [6.07, 6.45) is 0. The molecule has 5 heteroatoms. The Hall–Kier alpha value is -2.01. The highest BCUT2D eigenvalue weighted by Gasteiger charge is 2.15. The Bertz CT molecular complexity index is 819. The van der Waals surface area contributed by atoms with Gasteiger partial charge in [-0.2, -0.15) is 0 Å². The average Bonchev–Trinajstić information content (AvgIpc) is 2.72. The minimum absolute atomic E-state index is 0.266. The van der Waals surface area contributed by atoms with E-state index >= 15 is 0 Å². The summed E-state index contributed by atoms with van der Waals surface area (Å²) in [5.74, 6) is 1.08. The monoisotopic (exact) mass is 301 g/mol. The third-order valence-electron chi connectivity index (χ3n) is 3.57. The van der Waals surface area contributed by atoms with Gasteiger partial charge in [0, 0.05) is 17.5 Å². The first-order valence-corrected chi connectivity index (χ1v) is 7.54. The predicted octanol–water partition coefficient (Wildman–Crippen LogP) is 4.46. The molecule has 0 bridgehead atoms. The van der Waals surface area contributed by atoms with Gasteiger partial charge in [0.1, 0.15) is 16.5 Å². The Morgan fingerprint density at radius 1 is 1.10 bits per heavy atom. The molecule has 108 valence electrons. The van der Waals surface area contributed by atoms with Crippen LogP contribution in [-0.4, -0.2) is 17.0 Å². The van der Waals surface area contributed by atoms with Crippen molar-refractivity contribution in [3.05, 3.63) is 40.0 Å². The van der Waals surface area contributed by atoms with Crippen molar-refractivity contribution >= 4 is 27.4 Å². The van der Waals surface area contributed by atoms with Crippen LogP contribution in [0.25, 0.3) is 21.6 Å². The second kappa shape index (κ2) is 5.07. The molecule has 2 aromatic heterocycles. The first kappa shape index (κ1) is 13.9. The maximum atomic E-state index is 13.6. The van der Waals surface area contributed by atoms with Gasteiger partial charge in [-0.25, -0.2) is 14.4 Å². The van der Waals surface area contributed by atoms with Crippen molar-refractivity contribution in [1.29, 1.82) is 0 Å². The van der Waals surface area contributed by atoms with E-state index in [2.05, 4.69) is 29.1 Å². The molecule has 21 heavy (non-hydrogen) atoms. The molecule has 0 fully saturated rings. The lowest BCUT2D eigenvalue weighted by Crippen LogP contribution is -1.98. The summed E-state index contributed by atoms with van der Waals surface area (Å²) >= 11 is 1.64. The number of nitrogens with one attached hydrogen (secondary N) is 1. The molecule has 0 amide bonds. The Balaban J connectivity index is 2.29. The van der Waals surface area contributed by atoms with Crippen molar-refractivity contribution in [2.45, 2.75) is 20.8 Å². The van der Waals surface area contributed by atoms with Crippen LogP contribution in [0.5, 0.6) is 0 Å². The molecule has 0 aliphatic carbocycles. The molecule has 0 aliphatic heterocycles. The molecule has 0 saturated heterocycles. The number of rotatable bonds is 2. The number of benzene rings is 1. The number of fused-ring (bicyclic) bond motifs is 1. The Morgan fingerprint density at radius 3 is 2.52 bits per heavy atom. The second-order valence-electron chi connectivity index (χ2n) is 5.13. The fraction of sp³-hybridized carbons (Fsp3) is 0.250. The number of nitrogens with zero attached hydrogens (tertiary/aromatic N) is 2. The molecule has 3 aromatic rings. The first-order chi connectivity index (χ1) is 9.99. The number of halogens is 1. The SMILES string of the molecule is CNc1nc(-c2cc(C)cc(F)c2)nc2sc(C)c(C)c12. The van der Waals surface area contributed by atoms with E-state index in [9.17, 15) is 4.39 Å². The minimum atomic E-state index is -0.266. The van der Waals surface area contributed by atoms with E-state index in [1.165, 1.54) is 22.6 Å². The highest BCUT2D eigenvalue weighted by Crippen LogP contribution is 2.34. The van der Waals surface area contributed by atoms with Gasteiger partial charge in [0.25, 0.3) is 0 Å². The highest BCUT2D eigenvalue weighted by molar-refractivity contribution is 7.18. The Kier molecular flexibility index (Phi) is 3.37. The third-order valence-corrected chi connectivity index (χ3v) is 4.67. The zero-order chi connectivity index (χ0) is 15.1. The summed E-state index contributed by atoms with van der Waals surface area (Å²) in [6.45, 7) is 6.01. The number of aryl methyl sites for hydroxylation is 3. The van der Waals surface area contributed by atoms with Gasteiger partial charge in [-0.05, 0) is 50.1 Å². The summed E-state index contributed by atoms with van der Waals surface area (Å²) in [5.41, 5.74) is 2.76. The van der Waals surface area contributed by atoms with E-state index in [1.807, 2.05) is 20.0 Å². The lowest BCUT2D eigenvalue weighted by molar-refractivity contribution is 0.627. The number of aromatic nitrogens is 2. The predicted molar refractivity (Wildman–Crippen MR) is 86.6 cm³/mol. The van der Waals surface area contributed by atoms with E-state index < -0.39 is 0 Å². The van der Waals surface area contributed by atoms with Gasteiger partial charge >= 0.3 is 0 Å². The van der Waals surface area contributed by atoms with E-state index in [1.54, 1.807) is 11.3 Å². The van der Waals surface area contributed by atoms with Gasteiger partial charge < -0.3 is 5.32 Å². The molecule has 0 saturated carbocycles. The van der Waals surface area contributed by atoms with Crippen LogP contribution < -0.4 is 5.32 Å². The van der Waals surface area contributed by atoms with Crippen LogP contribution in [0.4, 0.5) is 10.2 Å². The van der Waals surface area contributed by atoms with Crippen molar-refractivity contribution in [2.75, 3.05) is 12.4 Å². The smallest absolute Gasteiger partial charge is 0.163 e. The van der Waals surface area contributed by atoms with Crippen molar-refractivity contribution in [3.63, 3.8) is 0 Å². The Labute approximate surface area is 126 Å². The first-order valence-electron chi connectivity index (χ1n) is 6.72. The standard InChI is InChI=1S/C16H16FN3S/c1-8-5-11(7-12(17)6-8)14-19-15(18-4)13-9(2)10(3)21-16(13)20-14/h5-7H,1-4H3,(H,18,19,20). The third kappa shape index (κ3) is 2.38. The van der Waals surface area contributed by atoms with Crippen molar-refractivity contribution in [3.8, 4) is 11.4 Å². The van der Waals surface area contributed by atoms with Crippen molar-refractivity contribution in [1.82, 2.24) is 9.97 Å². The summed E-state index contributed by atoms with van der Waals surface area (Å²) in [5, 5.41) is 4.18. The molecule has 1 aromatic carbocycles. The molecule has 0 radical (unpaired) electrons. The largest absolute Gasteiger partial charge is 0.372 e. The van der Waals surface area contributed by atoms with E-state index in [0.717, 1.165) is 21.6 Å². The maximum absolute atomic E-state index is 13.6. The van der Waals surface area contributed by atoms with Crippen molar-refractivity contribution in [2.24, 2.45) is 0 Å². The van der Waals surface area contributed by atoms with Gasteiger partial charge in [0.2, 0.25) is 0 Å². The number of hydrogen-bond donors (Lipinski definition) is 1. The normalized spacial score (nSPS) is 11.1. The fourth-order valence-electron chi connectivity index (χ4n) is 2.43. The van der Waals surface area contributed by atoms with Crippen LogP contribution in [0.1, 0.15) is 16.0 Å². The van der Waals surface area contributed by atoms with Crippen LogP contribution in [-0.2, 0) is 0 Å². The molecule has 0 unspecified atom stereocenters. The van der Waals surface area contributed by atoms with Gasteiger partial charge in [-0.1, -0.05) is 0 Å². The van der Waals surface area contributed by atoms with E-state index in [-0.39, 0.29) is 5.82 Å². The fourth-order valence-corrected chi connectivity index (χ4v) is 3.45. The summed E-state index contributed by atoms with van der Waals surface area (Å²) in [7, 11) is 1.84. The van der Waals surface area contributed by atoms with Crippen molar-refractivity contribution < 1.29 is 4.39 Å². The van der Waals surface area contributed by atoms with E-state index in [0.29, 0.717) is 11.4 Å². The lowest BCUT2D eigenvalue weighted by Gasteiger charge is -2.07. The number of hydrogen-bond acceptors (Lipinski definition) is 4. The summed E-state index contributed by atoms with van der Waals surface area (Å²) in [4.78, 5) is 11.3. The molecule has 0 atom stereocenters. The molecule has 2 heterocycles. The molecule has 0 spiro atoms. The molecular formula is C16H16FN3S. The highest BCUT2D eigenvalue weighted by atomic mass is 32.1. The van der Waals surface area contributed by atoms with Crippen LogP contribution in [0.2, 0.25) is 0 Å². The topological polar surface area (TPSA) is 37.8 Å². The molecule has 3 rings (SSSR count). The average molecular weight is 301 g/mol. The second-order valence-corrected chi connectivity index (χ2v) is 6.33. The Morgan fingerprint density at radius 2 is 1.86 bits per heavy atom. The lowest BCUT2D eigenvalue weighted by atomic mass is 10.1. The minimum Gasteiger partial charge on any atom is -0.372 e. The van der Waals surface area contributed by atoms with Gasteiger partial charge in [-0.3, -0.25) is 0 Å². The maximum Gasteiger partial charge on any atom is 0.163 e. The summed E-state index contributed by atoms with van der Waals surface area (Å²) < 4.78 is 13.6. The van der Waals surface area contributed by atoms with Gasteiger partial charge in [0.05, 0.1) is 5.39 Å². The zero-order valence-corrected chi connectivity index (χ0v) is 13.2. The zero-order valence-electron chi connectivity index (χ0n) is 12.4. The van der Waals surface area contributed by atoms with Crippen LogP contribution in [0.3, 0.4) is 0 Å². The molecular weight excluding hydrogens is 285 g/mol. The quantitative estimate of drug-likeness (QED) is 0.759.